The molecule has 4 nitrogen and oxygen atoms in total. The minimum atomic E-state index is -3.21. The molecule has 0 atom stereocenters. The Bertz CT molecular complexity index is 454. The first-order valence-corrected chi connectivity index (χ1v) is 7.95. The first-order valence-electron chi connectivity index (χ1n) is 6.34. The van der Waals surface area contributed by atoms with E-state index in [0.29, 0.717) is 25.2 Å². The van der Waals surface area contributed by atoms with E-state index >= 15 is 0 Å². The Morgan fingerprint density at radius 3 is 2.22 bits per heavy atom. The molecule has 0 spiro atoms. The van der Waals surface area contributed by atoms with E-state index in [1.54, 1.807) is 0 Å². The van der Waals surface area contributed by atoms with Crippen molar-refractivity contribution < 1.29 is 8.42 Å². The van der Waals surface area contributed by atoms with Crippen molar-refractivity contribution in [2.45, 2.75) is 33.2 Å². The lowest BCUT2D eigenvalue weighted by molar-refractivity contribution is 0.588. The lowest BCUT2D eigenvalue weighted by Crippen LogP contribution is -2.32. The lowest BCUT2D eigenvalue weighted by atomic mass is 10.2. The number of unbranched alkanes of at least 4 members (excludes halogenated alkanes) is 1. The molecule has 0 heterocycles. The minimum absolute atomic E-state index is 0.204. The van der Waals surface area contributed by atoms with Gasteiger partial charge in [-0.15, -0.1) is 0 Å². The van der Waals surface area contributed by atoms with E-state index in [-0.39, 0.29) is 5.75 Å². The summed E-state index contributed by atoms with van der Waals surface area (Å²) in [7, 11) is -3.21. The van der Waals surface area contributed by atoms with Gasteiger partial charge >= 0.3 is 0 Å². The van der Waals surface area contributed by atoms with E-state index < -0.39 is 10.0 Å². The van der Waals surface area contributed by atoms with Gasteiger partial charge in [-0.1, -0.05) is 25.5 Å². The Hall–Kier alpha value is -1.07. The van der Waals surface area contributed by atoms with Crippen LogP contribution in [0.3, 0.4) is 0 Å². The van der Waals surface area contributed by atoms with Crippen LogP contribution in [0.1, 0.15) is 32.3 Å². The molecule has 0 aromatic heterocycles. The summed E-state index contributed by atoms with van der Waals surface area (Å²) in [5, 5.41) is 0. The topological polar surface area (TPSA) is 63.4 Å². The van der Waals surface area contributed by atoms with Gasteiger partial charge in [0.1, 0.15) is 0 Å². The molecule has 2 N–H and O–H groups in total. The van der Waals surface area contributed by atoms with E-state index in [4.69, 9.17) is 5.73 Å². The van der Waals surface area contributed by atoms with E-state index in [1.165, 1.54) is 4.31 Å². The minimum Gasteiger partial charge on any atom is -0.326 e. The van der Waals surface area contributed by atoms with Gasteiger partial charge < -0.3 is 5.73 Å². The maximum absolute atomic E-state index is 12.2. The Balaban J connectivity index is 2.94. The fourth-order valence-electron chi connectivity index (χ4n) is 1.78. The van der Waals surface area contributed by atoms with Gasteiger partial charge in [0, 0.05) is 13.1 Å². The summed E-state index contributed by atoms with van der Waals surface area (Å²) >= 11 is 0. The van der Waals surface area contributed by atoms with Gasteiger partial charge in [-0.3, -0.25) is 4.31 Å². The molecule has 18 heavy (non-hydrogen) atoms. The molecule has 0 radical (unpaired) electrons. The summed E-state index contributed by atoms with van der Waals surface area (Å²) < 4.78 is 25.8. The first-order chi connectivity index (χ1) is 8.55. The Morgan fingerprint density at radius 2 is 1.78 bits per heavy atom. The molecule has 0 fully saturated rings. The largest absolute Gasteiger partial charge is 0.326 e. The van der Waals surface area contributed by atoms with Crippen molar-refractivity contribution in [1.29, 1.82) is 0 Å². The third kappa shape index (κ3) is 3.71. The molecule has 1 aromatic carbocycles. The van der Waals surface area contributed by atoms with E-state index in [2.05, 4.69) is 0 Å². The predicted octanol–water partition coefficient (Wildman–Crippen LogP) is 2.10. The van der Waals surface area contributed by atoms with Crippen LogP contribution >= 0.6 is 0 Å². The van der Waals surface area contributed by atoms with Gasteiger partial charge in [-0.05, 0) is 31.0 Å². The zero-order valence-corrected chi connectivity index (χ0v) is 11.9. The third-order valence-corrected chi connectivity index (χ3v) is 4.78. The van der Waals surface area contributed by atoms with Crippen LogP contribution in [0.2, 0.25) is 0 Å². The highest BCUT2D eigenvalue weighted by Gasteiger charge is 2.19. The highest BCUT2D eigenvalue weighted by molar-refractivity contribution is 7.92. The number of rotatable bonds is 7. The molecular formula is C13H22N2O2S. The van der Waals surface area contributed by atoms with Crippen LogP contribution < -0.4 is 10.0 Å². The second-order valence-electron chi connectivity index (χ2n) is 4.20. The van der Waals surface area contributed by atoms with Gasteiger partial charge in [0.05, 0.1) is 11.4 Å². The lowest BCUT2D eigenvalue weighted by Gasteiger charge is -2.23. The standard InChI is InChI=1S/C13H22N2O2S/c1-3-5-10-18(16,17)15(4-2)13-8-6-12(11-14)7-9-13/h6-9H,3-5,10-11,14H2,1-2H3. The van der Waals surface area contributed by atoms with Crippen LogP contribution in [0.5, 0.6) is 0 Å². The Kier molecular flexibility index (Phi) is 5.62. The molecule has 0 saturated carbocycles. The predicted molar refractivity (Wildman–Crippen MR) is 76.0 cm³/mol. The SMILES string of the molecule is CCCCS(=O)(=O)N(CC)c1ccc(CN)cc1. The molecule has 0 saturated heterocycles. The van der Waals surface area contributed by atoms with Gasteiger partial charge in [0.25, 0.3) is 0 Å². The second-order valence-corrected chi connectivity index (χ2v) is 6.22. The molecule has 102 valence electrons. The first kappa shape index (κ1) is 15.0. The average Bonchev–Trinajstić information content (AvgIpc) is 2.38. The maximum Gasteiger partial charge on any atom is 0.235 e. The van der Waals surface area contributed by atoms with Crippen molar-refractivity contribution >= 4 is 15.7 Å². The molecule has 1 rings (SSSR count). The normalized spacial score (nSPS) is 11.5. The Morgan fingerprint density at radius 1 is 1.17 bits per heavy atom. The number of benzene rings is 1. The maximum atomic E-state index is 12.2. The molecule has 1 aromatic rings. The van der Waals surface area contributed by atoms with E-state index in [1.807, 2.05) is 38.1 Å². The Labute approximate surface area is 110 Å². The van der Waals surface area contributed by atoms with Crippen molar-refractivity contribution in [2.75, 3.05) is 16.6 Å². The summed E-state index contributed by atoms with van der Waals surface area (Å²) in [6, 6.07) is 7.37. The fourth-order valence-corrected chi connectivity index (χ4v) is 3.49. The smallest absolute Gasteiger partial charge is 0.235 e. The highest BCUT2D eigenvalue weighted by Crippen LogP contribution is 2.19. The zero-order chi connectivity index (χ0) is 13.6. The molecule has 0 bridgehead atoms. The van der Waals surface area contributed by atoms with Crippen molar-refractivity contribution in [3.63, 3.8) is 0 Å². The third-order valence-electron chi connectivity index (χ3n) is 2.84. The van der Waals surface area contributed by atoms with Gasteiger partial charge in [0.2, 0.25) is 10.0 Å². The average molecular weight is 270 g/mol. The van der Waals surface area contributed by atoms with E-state index in [0.717, 1.165) is 12.0 Å². The zero-order valence-electron chi connectivity index (χ0n) is 11.1. The van der Waals surface area contributed by atoms with Crippen molar-refractivity contribution in [2.24, 2.45) is 5.73 Å². The quantitative estimate of drug-likeness (QED) is 0.825. The van der Waals surface area contributed by atoms with Crippen molar-refractivity contribution in [3.05, 3.63) is 29.8 Å². The van der Waals surface area contributed by atoms with Crippen LogP contribution in [0, 0.1) is 0 Å². The van der Waals surface area contributed by atoms with Crippen LogP contribution in [-0.2, 0) is 16.6 Å². The number of sulfonamides is 1. The number of anilines is 1. The van der Waals surface area contributed by atoms with Gasteiger partial charge in [0.15, 0.2) is 0 Å². The monoisotopic (exact) mass is 270 g/mol. The van der Waals surface area contributed by atoms with Crippen LogP contribution in [0.4, 0.5) is 5.69 Å². The number of hydrogen-bond acceptors (Lipinski definition) is 3. The molecule has 0 unspecified atom stereocenters. The molecule has 0 aliphatic rings. The molecule has 0 amide bonds. The summed E-state index contributed by atoms with van der Waals surface area (Å²) in [4.78, 5) is 0. The van der Waals surface area contributed by atoms with Crippen LogP contribution in [0.25, 0.3) is 0 Å². The molecule has 0 aliphatic heterocycles. The number of nitrogens with zero attached hydrogens (tertiary/aromatic N) is 1. The van der Waals surface area contributed by atoms with Gasteiger partial charge in [-0.25, -0.2) is 8.42 Å². The highest BCUT2D eigenvalue weighted by atomic mass is 32.2. The van der Waals surface area contributed by atoms with Crippen LogP contribution in [-0.4, -0.2) is 20.7 Å². The summed E-state index contributed by atoms with van der Waals surface area (Å²) in [5.41, 5.74) is 7.24. The van der Waals surface area contributed by atoms with Crippen molar-refractivity contribution in [3.8, 4) is 0 Å². The molecular weight excluding hydrogens is 248 g/mol. The summed E-state index contributed by atoms with van der Waals surface area (Å²) in [6.07, 6.45) is 1.57. The molecule has 0 aliphatic carbocycles. The number of nitrogens with two attached hydrogens (primary N) is 1. The summed E-state index contributed by atoms with van der Waals surface area (Å²) in [6.45, 7) is 4.76. The number of hydrogen-bond donors (Lipinski definition) is 1. The second kappa shape index (κ2) is 6.75. The van der Waals surface area contributed by atoms with Crippen molar-refractivity contribution in [1.82, 2.24) is 0 Å². The summed E-state index contributed by atoms with van der Waals surface area (Å²) in [5.74, 6) is 0.204. The fraction of sp³-hybridized carbons (Fsp3) is 0.538. The van der Waals surface area contributed by atoms with Gasteiger partial charge in [-0.2, -0.15) is 0 Å². The molecule has 5 heteroatoms. The van der Waals surface area contributed by atoms with E-state index in [9.17, 15) is 8.42 Å². The van der Waals surface area contributed by atoms with Crippen LogP contribution in [0.15, 0.2) is 24.3 Å².